The summed E-state index contributed by atoms with van der Waals surface area (Å²) in [6.07, 6.45) is 5.53. The van der Waals surface area contributed by atoms with Crippen molar-refractivity contribution in [1.82, 2.24) is 9.55 Å². The van der Waals surface area contributed by atoms with Crippen molar-refractivity contribution in [1.29, 1.82) is 0 Å². The normalized spacial score (nSPS) is 11.4. The Balaban J connectivity index is 1.56. The van der Waals surface area contributed by atoms with E-state index in [1.807, 2.05) is 66.7 Å². The van der Waals surface area contributed by atoms with Crippen LogP contribution in [0.15, 0.2) is 71.3 Å². The minimum atomic E-state index is 0.531. The first-order valence-electron chi connectivity index (χ1n) is 8.35. The van der Waals surface area contributed by atoms with Gasteiger partial charge in [0.25, 0.3) is 0 Å². The maximum absolute atomic E-state index is 5.91. The van der Waals surface area contributed by atoms with E-state index in [9.17, 15) is 0 Å². The van der Waals surface area contributed by atoms with Crippen LogP contribution in [-0.4, -0.2) is 16.2 Å². The summed E-state index contributed by atoms with van der Waals surface area (Å²) < 4.78 is 13.3. The van der Waals surface area contributed by atoms with Gasteiger partial charge in [0.1, 0.15) is 23.9 Å². The van der Waals surface area contributed by atoms with Gasteiger partial charge in [-0.15, -0.1) is 0 Å². The number of fused-ring (bicyclic) bond motifs is 1. The maximum Gasteiger partial charge on any atom is 0.134 e. The van der Waals surface area contributed by atoms with Crippen LogP contribution in [-0.2, 0) is 6.54 Å². The molecule has 0 aliphatic rings. The lowest BCUT2D eigenvalue weighted by atomic mass is 10.3. The molecule has 0 aliphatic carbocycles. The van der Waals surface area contributed by atoms with E-state index in [1.54, 1.807) is 6.26 Å². The molecule has 0 amide bonds. The molecular formula is C21H17ClN2O2. The zero-order chi connectivity index (χ0) is 17.8. The van der Waals surface area contributed by atoms with Gasteiger partial charge >= 0.3 is 0 Å². The Kier molecular flexibility index (Phi) is 4.75. The van der Waals surface area contributed by atoms with Gasteiger partial charge in [0.2, 0.25) is 0 Å². The lowest BCUT2D eigenvalue weighted by Crippen LogP contribution is -2.09. The molecule has 0 radical (unpaired) electrons. The van der Waals surface area contributed by atoms with Crippen LogP contribution in [0, 0.1) is 0 Å². The van der Waals surface area contributed by atoms with Crippen molar-refractivity contribution in [2.45, 2.75) is 6.54 Å². The number of hydrogen-bond acceptors (Lipinski definition) is 3. The molecule has 0 N–H and O–H groups in total. The molecule has 0 atom stereocenters. The first-order chi connectivity index (χ1) is 12.8. The molecule has 0 unspecified atom stereocenters. The molecule has 2 aromatic carbocycles. The molecule has 5 heteroatoms. The van der Waals surface area contributed by atoms with E-state index in [-0.39, 0.29) is 0 Å². The van der Waals surface area contributed by atoms with Crippen molar-refractivity contribution in [3.8, 4) is 5.75 Å². The first-order valence-corrected chi connectivity index (χ1v) is 8.72. The number of para-hydroxylation sites is 2. The van der Waals surface area contributed by atoms with Gasteiger partial charge in [0.05, 0.1) is 23.8 Å². The number of rotatable bonds is 6. The Morgan fingerprint density at radius 2 is 1.85 bits per heavy atom. The number of furan rings is 1. The number of hydrogen-bond donors (Lipinski definition) is 0. The fourth-order valence-corrected chi connectivity index (χ4v) is 2.91. The molecule has 2 aromatic heterocycles. The van der Waals surface area contributed by atoms with Crippen LogP contribution in [0.25, 0.3) is 23.2 Å². The van der Waals surface area contributed by atoms with E-state index in [0.717, 1.165) is 28.4 Å². The summed E-state index contributed by atoms with van der Waals surface area (Å²) in [4.78, 5) is 4.71. The first kappa shape index (κ1) is 16.5. The topological polar surface area (TPSA) is 40.2 Å². The van der Waals surface area contributed by atoms with E-state index in [0.29, 0.717) is 18.2 Å². The number of benzene rings is 2. The lowest BCUT2D eigenvalue weighted by molar-refractivity contribution is 0.300. The fourth-order valence-electron chi connectivity index (χ4n) is 2.78. The summed E-state index contributed by atoms with van der Waals surface area (Å²) in [5, 5.41) is 0.698. The third kappa shape index (κ3) is 3.65. The second-order valence-electron chi connectivity index (χ2n) is 5.76. The van der Waals surface area contributed by atoms with Crippen molar-refractivity contribution in [3.05, 3.63) is 83.5 Å². The number of aromatic nitrogens is 2. The molecule has 0 fully saturated rings. The van der Waals surface area contributed by atoms with E-state index in [1.165, 1.54) is 0 Å². The molecule has 0 bridgehead atoms. The van der Waals surface area contributed by atoms with Gasteiger partial charge in [-0.3, -0.25) is 0 Å². The summed E-state index contributed by atoms with van der Waals surface area (Å²) in [5.74, 6) is 2.45. The molecule has 4 aromatic rings. The highest BCUT2D eigenvalue weighted by Crippen LogP contribution is 2.19. The van der Waals surface area contributed by atoms with Gasteiger partial charge in [-0.25, -0.2) is 4.98 Å². The molecule has 4 rings (SSSR count). The van der Waals surface area contributed by atoms with E-state index in [4.69, 9.17) is 25.7 Å². The molecule has 0 saturated heterocycles. The fraction of sp³-hybridized carbons (Fsp3) is 0.0952. The number of imidazole rings is 1. The van der Waals surface area contributed by atoms with Gasteiger partial charge in [-0.2, -0.15) is 0 Å². The smallest absolute Gasteiger partial charge is 0.134 e. The molecule has 4 nitrogen and oxygen atoms in total. The quantitative estimate of drug-likeness (QED) is 0.451. The van der Waals surface area contributed by atoms with Crippen LogP contribution in [0.4, 0.5) is 0 Å². The predicted molar refractivity (Wildman–Crippen MR) is 104 cm³/mol. The third-order valence-electron chi connectivity index (χ3n) is 4.02. The standard InChI is InChI=1S/C21H17ClN2O2/c22-16-7-9-18(10-8-16)26-15-13-24-20-6-2-1-5-19(20)23-21(24)12-11-17-4-3-14-25-17/h1-12,14H,13,15H2/b12-11+. The second-order valence-corrected chi connectivity index (χ2v) is 6.20. The van der Waals surface area contributed by atoms with Gasteiger partial charge in [0, 0.05) is 5.02 Å². The zero-order valence-corrected chi connectivity index (χ0v) is 14.8. The number of nitrogens with zero attached hydrogens (tertiary/aromatic N) is 2. The predicted octanol–water partition coefficient (Wildman–Crippen LogP) is 5.53. The largest absolute Gasteiger partial charge is 0.492 e. The number of halogens is 1. The van der Waals surface area contributed by atoms with Crippen LogP contribution in [0.3, 0.4) is 0 Å². The highest BCUT2D eigenvalue weighted by Gasteiger charge is 2.08. The van der Waals surface area contributed by atoms with Crippen molar-refractivity contribution in [2.75, 3.05) is 6.61 Å². The van der Waals surface area contributed by atoms with Crippen LogP contribution < -0.4 is 4.74 Å². The SMILES string of the molecule is Clc1ccc(OCCn2c(/C=C/c3ccco3)nc3ccccc32)cc1. The molecule has 2 heterocycles. The minimum absolute atomic E-state index is 0.531. The van der Waals surface area contributed by atoms with Crippen molar-refractivity contribution < 1.29 is 9.15 Å². The Morgan fingerprint density at radius 3 is 2.65 bits per heavy atom. The Labute approximate surface area is 156 Å². The average molecular weight is 365 g/mol. The Hall–Kier alpha value is -2.98. The van der Waals surface area contributed by atoms with E-state index >= 15 is 0 Å². The lowest BCUT2D eigenvalue weighted by Gasteiger charge is -2.09. The second kappa shape index (κ2) is 7.50. The van der Waals surface area contributed by atoms with Crippen molar-refractivity contribution in [3.63, 3.8) is 0 Å². The van der Waals surface area contributed by atoms with Crippen LogP contribution in [0.1, 0.15) is 11.6 Å². The Bertz CT molecular complexity index is 1020. The highest BCUT2D eigenvalue weighted by molar-refractivity contribution is 6.30. The van der Waals surface area contributed by atoms with Gasteiger partial charge in [-0.1, -0.05) is 23.7 Å². The van der Waals surface area contributed by atoms with Crippen LogP contribution in [0.5, 0.6) is 5.75 Å². The van der Waals surface area contributed by atoms with Gasteiger partial charge in [-0.05, 0) is 60.7 Å². The van der Waals surface area contributed by atoms with Gasteiger partial charge in [0.15, 0.2) is 0 Å². The molecule has 0 spiro atoms. The molecule has 0 saturated carbocycles. The third-order valence-corrected chi connectivity index (χ3v) is 4.27. The summed E-state index contributed by atoms with van der Waals surface area (Å²) in [6.45, 7) is 1.21. The van der Waals surface area contributed by atoms with Crippen molar-refractivity contribution in [2.24, 2.45) is 0 Å². The molecule has 26 heavy (non-hydrogen) atoms. The molecular weight excluding hydrogens is 348 g/mol. The monoisotopic (exact) mass is 364 g/mol. The summed E-state index contributed by atoms with van der Waals surface area (Å²) >= 11 is 5.91. The summed E-state index contributed by atoms with van der Waals surface area (Å²) in [7, 11) is 0. The molecule has 130 valence electrons. The summed E-state index contributed by atoms with van der Waals surface area (Å²) in [5.41, 5.74) is 2.03. The Morgan fingerprint density at radius 1 is 1.00 bits per heavy atom. The molecule has 0 aliphatic heterocycles. The van der Waals surface area contributed by atoms with Crippen molar-refractivity contribution >= 4 is 34.8 Å². The zero-order valence-electron chi connectivity index (χ0n) is 14.0. The maximum atomic E-state index is 5.91. The average Bonchev–Trinajstić information content (AvgIpc) is 3.30. The van der Waals surface area contributed by atoms with E-state index in [2.05, 4.69) is 10.6 Å². The minimum Gasteiger partial charge on any atom is -0.492 e. The van der Waals surface area contributed by atoms with Crippen LogP contribution >= 0.6 is 11.6 Å². The number of ether oxygens (including phenoxy) is 1. The summed E-state index contributed by atoms with van der Waals surface area (Å²) in [6, 6.07) is 19.2. The highest BCUT2D eigenvalue weighted by atomic mass is 35.5. The van der Waals surface area contributed by atoms with E-state index < -0.39 is 0 Å². The van der Waals surface area contributed by atoms with Gasteiger partial charge < -0.3 is 13.7 Å². The van der Waals surface area contributed by atoms with Crippen LogP contribution in [0.2, 0.25) is 5.02 Å².